The highest BCUT2D eigenvalue weighted by molar-refractivity contribution is 14.1. The predicted octanol–water partition coefficient (Wildman–Crippen LogP) is 2.21. The van der Waals surface area contributed by atoms with E-state index in [0.29, 0.717) is 11.2 Å². The standard InChI is InChI=1S/C11H12ClIN4O/c1-7-6-18-3-2-16(7)8-4-9(12)15-17-10(13)5-14-11(8)17/h4-5,7H,2-3,6H2,1H3. The molecule has 18 heavy (non-hydrogen) atoms. The van der Waals surface area contributed by atoms with Crippen molar-refractivity contribution in [2.24, 2.45) is 0 Å². The van der Waals surface area contributed by atoms with Crippen molar-refractivity contribution >= 4 is 45.5 Å². The van der Waals surface area contributed by atoms with E-state index in [2.05, 4.69) is 44.5 Å². The lowest BCUT2D eigenvalue weighted by Crippen LogP contribution is -2.44. The highest BCUT2D eigenvalue weighted by atomic mass is 127. The molecule has 3 rings (SSSR count). The van der Waals surface area contributed by atoms with Crippen LogP contribution in [0.3, 0.4) is 0 Å². The molecular formula is C11H12ClIN4O. The Morgan fingerprint density at radius 1 is 1.56 bits per heavy atom. The molecule has 0 spiro atoms. The van der Waals surface area contributed by atoms with E-state index in [0.717, 1.165) is 34.8 Å². The van der Waals surface area contributed by atoms with Gasteiger partial charge in [-0.2, -0.15) is 5.10 Å². The van der Waals surface area contributed by atoms with Crippen molar-refractivity contribution in [3.63, 3.8) is 0 Å². The quantitative estimate of drug-likeness (QED) is 0.714. The topological polar surface area (TPSA) is 42.7 Å². The summed E-state index contributed by atoms with van der Waals surface area (Å²) in [6.45, 7) is 4.44. The Morgan fingerprint density at radius 3 is 3.17 bits per heavy atom. The molecule has 0 N–H and O–H groups in total. The monoisotopic (exact) mass is 378 g/mol. The van der Waals surface area contributed by atoms with Crippen molar-refractivity contribution in [3.05, 3.63) is 21.1 Å². The van der Waals surface area contributed by atoms with Crippen LogP contribution in [0.2, 0.25) is 5.15 Å². The van der Waals surface area contributed by atoms with E-state index < -0.39 is 0 Å². The zero-order chi connectivity index (χ0) is 12.7. The summed E-state index contributed by atoms with van der Waals surface area (Å²) in [5.74, 6) is 0. The summed E-state index contributed by atoms with van der Waals surface area (Å²) >= 11 is 8.30. The number of ether oxygens (including phenoxy) is 1. The average Bonchev–Trinajstić information content (AvgIpc) is 2.71. The molecule has 1 saturated heterocycles. The first-order chi connectivity index (χ1) is 8.66. The van der Waals surface area contributed by atoms with Crippen LogP contribution >= 0.6 is 34.2 Å². The number of morpholine rings is 1. The number of imidazole rings is 1. The molecule has 7 heteroatoms. The number of nitrogens with zero attached hydrogens (tertiary/aromatic N) is 4. The highest BCUT2D eigenvalue weighted by Gasteiger charge is 2.23. The van der Waals surface area contributed by atoms with Crippen LogP contribution in [-0.4, -0.2) is 40.4 Å². The summed E-state index contributed by atoms with van der Waals surface area (Å²) < 4.78 is 8.19. The summed E-state index contributed by atoms with van der Waals surface area (Å²) in [6, 6.07) is 2.19. The zero-order valence-corrected chi connectivity index (χ0v) is 12.7. The summed E-state index contributed by atoms with van der Waals surface area (Å²) in [6.07, 6.45) is 1.80. The number of rotatable bonds is 1. The van der Waals surface area contributed by atoms with Gasteiger partial charge in [-0.15, -0.1) is 0 Å². The van der Waals surface area contributed by atoms with Crippen LogP contribution < -0.4 is 4.90 Å². The summed E-state index contributed by atoms with van der Waals surface area (Å²) in [7, 11) is 0. The molecule has 1 atom stereocenters. The third kappa shape index (κ3) is 2.06. The van der Waals surface area contributed by atoms with Gasteiger partial charge in [0, 0.05) is 18.7 Å². The van der Waals surface area contributed by atoms with Crippen molar-refractivity contribution in [2.45, 2.75) is 13.0 Å². The fourth-order valence-corrected chi connectivity index (χ4v) is 2.85. The van der Waals surface area contributed by atoms with E-state index in [-0.39, 0.29) is 0 Å². The van der Waals surface area contributed by atoms with Gasteiger partial charge in [0.15, 0.2) is 10.8 Å². The van der Waals surface area contributed by atoms with Gasteiger partial charge in [-0.1, -0.05) is 11.6 Å². The predicted molar refractivity (Wildman–Crippen MR) is 78.3 cm³/mol. The fraction of sp³-hybridized carbons (Fsp3) is 0.455. The lowest BCUT2D eigenvalue weighted by Gasteiger charge is -2.35. The molecule has 2 aromatic rings. The Bertz CT molecular complexity index is 588. The molecule has 1 fully saturated rings. The van der Waals surface area contributed by atoms with Crippen molar-refractivity contribution in [3.8, 4) is 0 Å². The van der Waals surface area contributed by atoms with Crippen LogP contribution in [-0.2, 0) is 4.74 Å². The minimum absolute atomic E-state index is 0.315. The molecular weight excluding hydrogens is 367 g/mol. The molecule has 0 radical (unpaired) electrons. The molecule has 0 amide bonds. The van der Waals surface area contributed by atoms with Crippen LogP contribution in [0.25, 0.3) is 5.65 Å². The van der Waals surface area contributed by atoms with Crippen LogP contribution in [0, 0.1) is 3.70 Å². The molecule has 0 bridgehead atoms. The van der Waals surface area contributed by atoms with Crippen molar-refractivity contribution < 1.29 is 4.74 Å². The van der Waals surface area contributed by atoms with Gasteiger partial charge in [0.25, 0.3) is 0 Å². The van der Waals surface area contributed by atoms with E-state index in [1.165, 1.54) is 0 Å². The highest BCUT2D eigenvalue weighted by Crippen LogP contribution is 2.27. The second-order valence-corrected chi connectivity index (χ2v) is 5.78. The van der Waals surface area contributed by atoms with Gasteiger partial charge >= 0.3 is 0 Å². The Morgan fingerprint density at radius 2 is 2.39 bits per heavy atom. The van der Waals surface area contributed by atoms with E-state index in [1.54, 1.807) is 10.7 Å². The van der Waals surface area contributed by atoms with Gasteiger partial charge in [0.2, 0.25) is 0 Å². The molecule has 1 aliphatic rings. The van der Waals surface area contributed by atoms with Gasteiger partial charge in [-0.3, -0.25) is 0 Å². The van der Waals surface area contributed by atoms with E-state index >= 15 is 0 Å². The molecule has 0 aliphatic carbocycles. The van der Waals surface area contributed by atoms with E-state index in [4.69, 9.17) is 16.3 Å². The van der Waals surface area contributed by atoms with Crippen LogP contribution in [0.15, 0.2) is 12.3 Å². The maximum absolute atomic E-state index is 6.10. The third-order valence-electron chi connectivity index (χ3n) is 3.05. The normalized spacial score (nSPS) is 20.6. The van der Waals surface area contributed by atoms with E-state index in [1.807, 2.05) is 6.07 Å². The first-order valence-electron chi connectivity index (χ1n) is 5.71. The van der Waals surface area contributed by atoms with Gasteiger partial charge < -0.3 is 9.64 Å². The van der Waals surface area contributed by atoms with Gasteiger partial charge in [-0.05, 0) is 29.5 Å². The Balaban J connectivity index is 2.15. The van der Waals surface area contributed by atoms with Crippen molar-refractivity contribution in [1.29, 1.82) is 0 Å². The SMILES string of the molecule is CC1COCCN1c1cc(Cl)nn2c(I)cnc12. The number of aromatic nitrogens is 3. The second-order valence-electron chi connectivity index (χ2n) is 4.29. The number of fused-ring (bicyclic) bond motifs is 1. The maximum atomic E-state index is 6.10. The largest absolute Gasteiger partial charge is 0.377 e. The molecule has 5 nitrogen and oxygen atoms in total. The third-order valence-corrected chi connectivity index (χ3v) is 3.97. The molecule has 96 valence electrons. The number of anilines is 1. The lowest BCUT2D eigenvalue weighted by molar-refractivity contribution is 0.0990. The molecule has 0 saturated carbocycles. The molecule has 3 heterocycles. The van der Waals surface area contributed by atoms with Crippen LogP contribution in [0.4, 0.5) is 5.69 Å². The Labute approximate surface area is 123 Å². The molecule has 1 unspecified atom stereocenters. The number of halogens is 2. The second kappa shape index (κ2) is 4.82. The van der Waals surface area contributed by atoms with E-state index in [9.17, 15) is 0 Å². The van der Waals surface area contributed by atoms with Crippen LogP contribution in [0.1, 0.15) is 6.92 Å². The van der Waals surface area contributed by atoms with Crippen LogP contribution in [0.5, 0.6) is 0 Å². The zero-order valence-electron chi connectivity index (χ0n) is 9.81. The summed E-state index contributed by atoms with van der Waals surface area (Å²) in [4.78, 5) is 6.69. The summed E-state index contributed by atoms with van der Waals surface area (Å²) in [5.41, 5.74) is 1.87. The summed E-state index contributed by atoms with van der Waals surface area (Å²) in [5, 5.41) is 4.75. The number of hydrogen-bond donors (Lipinski definition) is 0. The average molecular weight is 379 g/mol. The minimum Gasteiger partial charge on any atom is -0.377 e. The van der Waals surface area contributed by atoms with Gasteiger partial charge in [-0.25, -0.2) is 9.50 Å². The lowest BCUT2D eigenvalue weighted by atomic mass is 10.2. The first kappa shape index (κ1) is 12.4. The molecule has 1 aliphatic heterocycles. The van der Waals surface area contributed by atoms with Gasteiger partial charge in [0.05, 0.1) is 25.1 Å². The fourth-order valence-electron chi connectivity index (χ4n) is 2.19. The smallest absolute Gasteiger partial charge is 0.178 e. The maximum Gasteiger partial charge on any atom is 0.178 e. The van der Waals surface area contributed by atoms with Crippen molar-refractivity contribution in [1.82, 2.24) is 14.6 Å². The van der Waals surface area contributed by atoms with Gasteiger partial charge in [0.1, 0.15) is 3.70 Å². The minimum atomic E-state index is 0.315. The Kier molecular flexibility index (Phi) is 3.33. The van der Waals surface area contributed by atoms with Crippen molar-refractivity contribution in [2.75, 3.05) is 24.7 Å². The number of hydrogen-bond acceptors (Lipinski definition) is 4. The molecule has 0 aromatic carbocycles. The Hall–Kier alpha value is -0.600. The molecule has 2 aromatic heterocycles. The first-order valence-corrected chi connectivity index (χ1v) is 7.16.